The maximum atomic E-state index is 11.2. The topological polar surface area (TPSA) is 46.5 Å². The first-order valence-corrected chi connectivity index (χ1v) is 5.24. The van der Waals surface area contributed by atoms with E-state index in [9.17, 15) is 9.90 Å². The fourth-order valence-corrected chi connectivity index (χ4v) is 1.43. The van der Waals surface area contributed by atoms with Crippen LogP contribution in [-0.4, -0.2) is 27.5 Å². The fraction of sp³-hybridized carbons (Fsp3) is 0.125. The Morgan fingerprint density at radius 3 is 2.85 bits per heavy atom. The molecule has 1 N–H and O–H groups in total. The highest BCUT2D eigenvalue weighted by atomic mass is 127. The number of rotatable bonds is 2. The van der Waals surface area contributed by atoms with Gasteiger partial charge < -0.3 is 9.84 Å². The molecule has 0 bridgehead atoms. The molecular formula is C8H6IO3Si. The zero-order chi connectivity index (χ0) is 9.84. The first-order chi connectivity index (χ1) is 6.15. The van der Waals surface area contributed by atoms with Gasteiger partial charge in [-0.05, 0) is 40.8 Å². The minimum Gasteiger partial charge on any atom is -0.507 e. The zero-order valence-corrected chi connectivity index (χ0v) is 9.74. The average molecular weight is 305 g/mol. The van der Waals surface area contributed by atoms with Crippen LogP contribution >= 0.6 is 22.6 Å². The third-order valence-electron chi connectivity index (χ3n) is 1.39. The van der Waals surface area contributed by atoms with Gasteiger partial charge >= 0.3 is 5.97 Å². The van der Waals surface area contributed by atoms with Crippen LogP contribution in [0.3, 0.4) is 0 Å². The summed E-state index contributed by atoms with van der Waals surface area (Å²) in [5.41, 5.74) is 0.431. The van der Waals surface area contributed by atoms with Gasteiger partial charge in [-0.3, -0.25) is 0 Å². The van der Waals surface area contributed by atoms with E-state index in [1.807, 2.05) is 22.6 Å². The lowest BCUT2D eigenvalue weighted by molar-refractivity contribution is 0.0573. The molecule has 5 heteroatoms. The molecule has 0 aliphatic carbocycles. The Kier molecular flexibility index (Phi) is 3.73. The van der Waals surface area contributed by atoms with Crippen molar-refractivity contribution < 1.29 is 14.6 Å². The molecule has 1 aromatic carbocycles. The highest BCUT2D eigenvalue weighted by Crippen LogP contribution is 2.20. The maximum Gasteiger partial charge on any atom is 0.337 e. The molecule has 0 fully saturated rings. The molecule has 0 saturated heterocycles. The third kappa shape index (κ3) is 2.70. The predicted molar refractivity (Wildman–Crippen MR) is 56.9 cm³/mol. The molecule has 0 aliphatic rings. The van der Waals surface area contributed by atoms with Crippen molar-refractivity contribution in [1.82, 2.24) is 0 Å². The average Bonchev–Trinajstić information content (AvgIpc) is 2.10. The van der Waals surface area contributed by atoms with Crippen LogP contribution in [0.2, 0.25) is 0 Å². The summed E-state index contributed by atoms with van der Waals surface area (Å²) in [6.07, 6.45) is 0.163. The highest BCUT2D eigenvalue weighted by Gasteiger charge is 2.07. The molecule has 0 amide bonds. The lowest BCUT2D eigenvalue weighted by atomic mass is 10.2. The van der Waals surface area contributed by atoms with E-state index >= 15 is 0 Å². The van der Waals surface area contributed by atoms with Gasteiger partial charge in [0.05, 0.1) is 25.6 Å². The molecule has 3 nitrogen and oxygen atoms in total. The van der Waals surface area contributed by atoms with E-state index in [-0.39, 0.29) is 12.0 Å². The van der Waals surface area contributed by atoms with Gasteiger partial charge in [0.15, 0.2) is 0 Å². The first-order valence-electron chi connectivity index (χ1n) is 3.45. The van der Waals surface area contributed by atoms with E-state index in [1.54, 1.807) is 6.07 Å². The lowest BCUT2D eigenvalue weighted by Crippen LogP contribution is -2.06. The van der Waals surface area contributed by atoms with Gasteiger partial charge in [0.25, 0.3) is 0 Å². The molecular weight excluding hydrogens is 299 g/mol. The van der Waals surface area contributed by atoms with Crippen LogP contribution in [0.25, 0.3) is 0 Å². The molecule has 0 aliphatic heterocycles. The number of hydrogen-bond acceptors (Lipinski definition) is 3. The number of ether oxygens (including phenoxy) is 1. The van der Waals surface area contributed by atoms with E-state index in [1.165, 1.54) is 12.1 Å². The summed E-state index contributed by atoms with van der Waals surface area (Å²) in [4.78, 5) is 11.2. The Morgan fingerprint density at radius 2 is 2.31 bits per heavy atom. The monoisotopic (exact) mass is 305 g/mol. The van der Waals surface area contributed by atoms with Crippen molar-refractivity contribution in [2.75, 3.05) is 6.23 Å². The van der Waals surface area contributed by atoms with Crippen LogP contribution in [0.4, 0.5) is 0 Å². The molecule has 0 aromatic heterocycles. The summed E-state index contributed by atoms with van der Waals surface area (Å²) < 4.78 is 5.34. The van der Waals surface area contributed by atoms with E-state index in [0.29, 0.717) is 9.13 Å². The Bertz CT molecular complexity index is 327. The summed E-state index contributed by atoms with van der Waals surface area (Å²) in [6.45, 7) is 0. The minimum atomic E-state index is -0.409. The van der Waals surface area contributed by atoms with E-state index in [0.717, 1.165) is 0 Å². The predicted octanol–water partition coefficient (Wildman–Crippen LogP) is 1.28. The maximum absolute atomic E-state index is 11.2. The number of benzene rings is 1. The second-order valence-corrected chi connectivity index (χ2v) is 3.69. The van der Waals surface area contributed by atoms with Crippen molar-refractivity contribution >= 4 is 38.8 Å². The Morgan fingerprint density at radius 1 is 1.62 bits per heavy atom. The molecule has 0 unspecified atom stereocenters. The van der Waals surface area contributed by atoms with Gasteiger partial charge in [-0.25, -0.2) is 4.79 Å². The normalized spacial score (nSPS) is 9.69. The van der Waals surface area contributed by atoms with Crippen LogP contribution in [0.1, 0.15) is 10.4 Å². The molecule has 0 saturated carbocycles. The molecule has 0 spiro atoms. The molecule has 67 valence electrons. The Balaban J connectivity index is 2.90. The summed E-state index contributed by atoms with van der Waals surface area (Å²) in [7, 11) is 3.03. The van der Waals surface area contributed by atoms with E-state index in [4.69, 9.17) is 4.74 Å². The van der Waals surface area contributed by atoms with Crippen molar-refractivity contribution in [2.45, 2.75) is 0 Å². The lowest BCUT2D eigenvalue weighted by Gasteiger charge is -2.02. The SMILES string of the molecule is O=C(OC[Si])c1ccc(O)c(I)c1. The fourth-order valence-electron chi connectivity index (χ4n) is 0.783. The van der Waals surface area contributed by atoms with Crippen LogP contribution in [-0.2, 0) is 4.74 Å². The van der Waals surface area contributed by atoms with Crippen molar-refractivity contribution in [3.05, 3.63) is 27.3 Å². The van der Waals surface area contributed by atoms with Crippen LogP contribution in [0.15, 0.2) is 18.2 Å². The standard InChI is InChI=1S/C8H6IO3Si/c9-6-3-5(1-2-7(6)10)8(11)12-4-13/h1-3,10H,4H2. The van der Waals surface area contributed by atoms with Crippen LogP contribution in [0.5, 0.6) is 5.75 Å². The number of aromatic hydroxyl groups is 1. The zero-order valence-electron chi connectivity index (χ0n) is 6.58. The van der Waals surface area contributed by atoms with Crippen molar-refractivity contribution in [3.63, 3.8) is 0 Å². The van der Waals surface area contributed by atoms with E-state index in [2.05, 4.69) is 10.2 Å². The molecule has 3 radical (unpaired) electrons. The second kappa shape index (κ2) is 4.61. The van der Waals surface area contributed by atoms with Gasteiger partial charge in [0.2, 0.25) is 0 Å². The largest absolute Gasteiger partial charge is 0.507 e. The minimum absolute atomic E-state index is 0.163. The first kappa shape index (κ1) is 10.5. The van der Waals surface area contributed by atoms with Gasteiger partial charge in [-0.15, -0.1) is 0 Å². The van der Waals surface area contributed by atoms with Gasteiger partial charge in [-0.1, -0.05) is 0 Å². The quantitative estimate of drug-likeness (QED) is 0.509. The van der Waals surface area contributed by atoms with E-state index < -0.39 is 5.97 Å². The van der Waals surface area contributed by atoms with Crippen LogP contribution < -0.4 is 0 Å². The van der Waals surface area contributed by atoms with Gasteiger partial charge in [0.1, 0.15) is 5.75 Å². The number of esters is 1. The number of carbonyl (C=O) groups excluding carboxylic acids is 1. The Hall–Kier alpha value is -0.563. The van der Waals surface area contributed by atoms with Gasteiger partial charge in [0, 0.05) is 0 Å². The number of phenolic OH excluding ortho intramolecular Hbond substituents is 1. The van der Waals surface area contributed by atoms with Crippen molar-refractivity contribution in [3.8, 4) is 5.75 Å². The van der Waals surface area contributed by atoms with Crippen molar-refractivity contribution in [1.29, 1.82) is 0 Å². The molecule has 1 aromatic rings. The number of halogens is 1. The summed E-state index contributed by atoms with van der Waals surface area (Å²) in [5, 5.41) is 9.19. The second-order valence-electron chi connectivity index (χ2n) is 2.24. The summed E-state index contributed by atoms with van der Waals surface area (Å²) in [6, 6.07) is 4.55. The van der Waals surface area contributed by atoms with Gasteiger partial charge in [-0.2, -0.15) is 0 Å². The van der Waals surface area contributed by atoms with Crippen LogP contribution in [0, 0.1) is 3.57 Å². The molecule has 13 heavy (non-hydrogen) atoms. The summed E-state index contributed by atoms with van der Waals surface area (Å²) >= 11 is 1.94. The number of carbonyl (C=O) groups is 1. The smallest absolute Gasteiger partial charge is 0.337 e. The Labute approximate surface area is 92.7 Å². The summed E-state index contributed by atoms with van der Waals surface area (Å²) in [5.74, 6) is -0.247. The number of hydrogen-bond donors (Lipinski definition) is 1. The molecule has 0 atom stereocenters. The highest BCUT2D eigenvalue weighted by molar-refractivity contribution is 14.1. The van der Waals surface area contributed by atoms with Crippen molar-refractivity contribution in [2.24, 2.45) is 0 Å². The molecule has 1 rings (SSSR count). The molecule has 0 heterocycles. The third-order valence-corrected chi connectivity index (χ3v) is 2.40. The number of phenols is 1.